The van der Waals surface area contributed by atoms with Crippen LogP contribution in [0.15, 0.2) is 77.0 Å². The van der Waals surface area contributed by atoms with Crippen molar-refractivity contribution in [2.75, 3.05) is 18.8 Å². The Morgan fingerprint density at radius 2 is 1.85 bits per heavy atom. The summed E-state index contributed by atoms with van der Waals surface area (Å²) < 4.78 is 0. The van der Waals surface area contributed by atoms with Crippen LogP contribution in [-0.4, -0.2) is 24.7 Å². The van der Waals surface area contributed by atoms with Crippen LogP contribution in [0.5, 0.6) is 0 Å². The van der Waals surface area contributed by atoms with Gasteiger partial charge in [0.05, 0.1) is 4.88 Å². The summed E-state index contributed by atoms with van der Waals surface area (Å²) in [6, 6.07) is 23.2. The fourth-order valence-electron chi connectivity index (χ4n) is 2.84. The lowest BCUT2D eigenvalue weighted by Crippen LogP contribution is -2.87. The van der Waals surface area contributed by atoms with Gasteiger partial charge in [-0.25, -0.2) is 0 Å². The van der Waals surface area contributed by atoms with Gasteiger partial charge in [-0.05, 0) is 30.5 Å². The van der Waals surface area contributed by atoms with Crippen molar-refractivity contribution in [2.45, 2.75) is 17.9 Å². The number of aryl methyl sites for hydroxylation is 1. The maximum Gasteiger partial charge on any atom is 0.275 e. The van der Waals surface area contributed by atoms with E-state index in [0.717, 1.165) is 5.75 Å². The van der Waals surface area contributed by atoms with Gasteiger partial charge >= 0.3 is 0 Å². The van der Waals surface area contributed by atoms with Crippen LogP contribution in [-0.2, 0) is 4.79 Å². The molecule has 1 aromatic heterocycles. The number of quaternary nitrogens is 1. The summed E-state index contributed by atoms with van der Waals surface area (Å²) in [5.74, 6) is 0.957. The minimum atomic E-state index is 0.0805. The second kappa shape index (κ2) is 10.3. The van der Waals surface area contributed by atoms with Crippen molar-refractivity contribution in [3.05, 3.63) is 88.1 Å². The molecule has 2 aromatic carbocycles. The van der Waals surface area contributed by atoms with Crippen LogP contribution in [0.4, 0.5) is 0 Å². The van der Waals surface area contributed by atoms with Crippen molar-refractivity contribution in [3.63, 3.8) is 0 Å². The van der Waals surface area contributed by atoms with Gasteiger partial charge in [0, 0.05) is 22.8 Å². The largest absolute Gasteiger partial charge is 0.350 e. The van der Waals surface area contributed by atoms with Gasteiger partial charge in [-0.1, -0.05) is 54.1 Å². The zero-order valence-electron chi connectivity index (χ0n) is 15.4. The molecule has 140 valence electrons. The van der Waals surface area contributed by atoms with Gasteiger partial charge in [0.15, 0.2) is 6.54 Å². The summed E-state index contributed by atoms with van der Waals surface area (Å²) in [6.45, 7) is 3.19. The molecule has 3 N–H and O–H groups in total. The van der Waals surface area contributed by atoms with Crippen molar-refractivity contribution < 1.29 is 10.1 Å². The quantitative estimate of drug-likeness (QED) is 0.428. The predicted molar refractivity (Wildman–Crippen MR) is 114 cm³/mol. The van der Waals surface area contributed by atoms with E-state index >= 15 is 0 Å². The van der Waals surface area contributed by atoms with E-state index in [4.69, 9.17) is 0 Å². The average molecular weight is 398 g/mol. The van der Waals surface area contributed by atoms with E-state index in [0.29, 0.717) is 13.1 Å². The molecule has 0 aliphatic carbocycles. The number of hydrogen-bond acceptors (Lipinski definition) is 3. The summed E-state index contributed by atoms with van der Waals surface area (Å²) in [7, 11) is 0. The first-order valence-electron chi connectivity index (χ1n) is 9.10. The number of carbonyl (C=O) groups excluding carboxylic acids is 1. The van der Waals surface area contributed by atoms with Crippen LogP contribution in [0.1, 0.15) is 22.0 Å². The number of benzene rings is 2. The molecule has 0 fully saturated rings. The zero-order valence-corrected chi connectivity index (χ0v) is 17.1. The van der Waals surface area contributed by atoms with E-state index in [2.05, 4.69) is 71.5 Å². The smallest absolute Gasteiger partial charge is 0.275 e. The van der Waals surface area contributed by atoms with Crippen molar-refractivity contribution >= 4 is 29.0 Å². The van der Waals surface area contributed by atoms with E-state index in [-0.39, 0.29) is 11.9 Å². The molecule has 0 aliphatic rings. The molecule has 1 atom stereocenters. The van der Waals surface area contributed by atoms with E-state index in [1.807, 2.05) is 18.2 Å². The Morgan fingerprint density at radius 3 is 2.56 bits per heavy atom. The number of nitrogens with one attached hydrogen (secondary N) is 1. The highest BCUT2D eigenvalue weighted by molar-refractivity contribution is 7.99. The molecule has 0 saturated carbocycles. The van der Waals surface area contributed by atoms with E-state index in [1.54, 1.807) is 23.1 Å². The summed E-state index contributed by atoms with van der Waals surface area (Å²) in [5.41, 5.74) is 2.49. The molecule has 5 heteroatoms. The van der Waals surface area contributed by atoms with Crippen molar-refractivity contribution in [1.82, 2.24) is 5.32 Å². The maximum absolute atomic E-state index is 12.3. The Hall–Kier alpha value is -2.08. The highest BCUT2D eigenvalue weighted by Gasteiger charge is 2.19. The van der Waals surface area contributed by atoms with Gasteiger partial charge in [-0.3, -0.25) is 4.79 Å². The summed E-state index contributed by atoms with van der Waals surface area (Å²) in [5, 5.41) is 7.23. The fraction of sp³-hybridized carbons (Fsp3) is 0.227. The maximum atomic E-state index is 12.3. The minimum absolute atomic E-state index is 0.0805. The van der Waals surface area contributed by atoms with Crippen molar-refractivity contribution in [1.29, 1.82) is 0 Å². The molecule has 0 saturated heterocycles. The van der Waals surface area contributed by atoms with Gasteiger partial charge in [0.25, 0.3) is 5.91 Å². The first-order valence-corrected chi connectivity index (χ1v) is 11.0. The number of nitrogens with two attached hydrogens (primary N) is 1. The third-order valence-electron chi connectivity index (χ3n) is 4.26. The van der Waals surface area contributed by atoms with Gasteiger partial charge in [-0.15, -0.1) is 23.1 Å². The van der Waals surface area contributed by atoms with Gasteiger partial charge < -0.3 is 10.6 Å². The lowest BCUT2D eigenvalue weighted by Gasteiger charge is -2.14. The number of hydrogen-bond donors (Lipinski definition) is 2. The van der Waals surface area contributed by atoms with Crippen LogP contribution >= 0.6 is 23.1 Å². The van der Waals surface area contributed by atoms with Crippen molar-refractivity contribution in [3.8, 4) is 0 Å². The Morgan fingerprint density at radius 1 is 1.07 bits per heavy atom. The minimum Gasteiger partial charge on any atom is -0.350 e. The first kappa shape index (κ1) is 19.7. The molecule has 0 bridgehead atoms. The number of amides is 1. The molecule has 0 unspecified atom stereocenters. The van der Waals surface area contributed by atoms with E-state index in [9.17, 15) is 4.79 Å². The molecule has 3 nitrogen and oxygen atoms in total. The molecule has 1 heterocycles. The predicted octanol–water partition coefficient (Wildman–Crippen LogP) is 3.62. The van der Waals surface area contributed by atoms with Crippen molar-refractivity contribution in [2.24, 2.45) is 0 Å². The molecule has 0 spiro atoms. The van der Waals surface area contributed by atoms with Gasteiger partial charge in [0.1, 0.15) is 6.04 Å². The molecule has 3 rings (SSSR count). The SMILES string of the molecule is Cc1ccc(SCCNC(=O)C[NH2+][C@H](c2ccccc2)c2cccs2)cc1. The highest BCUT2D eigenvalue weighted by Crippen LogP contribution is 2.22. The Kier molecular flexibility index (Phi) is 7.51. The van der Waals surface area contributed by atoms with E-state index < -0.39 is 0 Å². The number of carbonyl (C=O) groups is 1. The average Bonchev–Trinajstić information content (AvgIpc) is 3.22. The van der Waals surface area contributed by atoms with Gasteiger partial charge in [-0.2, -0.15) is 0 Å². The van der Waals surface area contributed by atoms with Crippen LogP contribution in [0.3, 0.4) is 0 Å². The molecular formula is C22H25N2OS2+. The normalized spacial score (nSPS) is 11.9. The number of thiophene rings is 1. The van der Waals surface area contributed by atoms with Crippen LogP contribution in [0.2, 0.25) is 0 Å². The monoisotopic (exact) mass is 397 g/mol. The Balaban J connectivity index is 1.44. The standard InChI is InChI=1S/C22H24N2OS2/c1-17-9-11-19(12-10-17)26-15-13-23-21(25)16-24-22(20-8-5-14-27-20)18-6-3-2-4-7-18/h2-12,14,22,24H,13,15-16H2,1H3,(H,23,25)/p+1/t22-/m1/s1. The summed E-state index contributed by atoms with van der Waals surface area (Å²) in [4.78, 5) is 14.8. The lowest BCUT2D eigenvalue weighted by atomic mass is 10.1. The third-order valence-corrected chi connectivity index (χ3v) is 6.23. The molecular weight excluding hydrogens is 372 g/mol. The number of thioether (sulfide) groups is 1. The third kappa shape index (κ3) is 6.24. The van der Waals surface area contributed by atoms with Crippen LogP contribution in [0.25, 0.3) is 0 Å². The molecule has 3 aromatic rings. The summed E-state index contributed by atoms with van der Waals surface area (Å²) in [6.07, 6.45) is 0. The summed E-state index contributed by atoms with van der Waals surface area (Å²) >= 11 is 3.50. The molecule has 27 heavy (non-hydrogen) atoms. The Labute approximate surface area is 169 Å². The lowest BCUT2D eigenvalue weighted by molar-refractivity contribution is -0.676. The molecule has 0 aliphatic heterocycles. The van der Waals surface area contributed by atoms with Crippen LogP contribution in [0, 0.1) is 6.92 Å². The second-order valence-corrected chi connectivity index (χ2v) is 8.50. The highest BCUT2D eigenvalue weighted by atomic mass is 32.2. The topological polar surface area (TPSA) is 45.7 Å². The fourth-order valence-corrected chi connectivity index (χ4v) is 4.45. The first-order chi connectivity index (χ1) is 13.2. The number of rotatable bonds is 9. The second-order valence-electron chi connectivity index (χ2n) is 6.36. The Bertz CT molecular complexity index is 817. The molecule has 0 radical (unpaired) electrons. The molecule has 1 amide bonds. The zero-order chi connectivity index (χ0) is 18.9. The van der Waals surface area contributed by atoms with Crippen LogP contribution < -0.4 is 10.6 Å². The van der Waals surface area contributed by atoms with Gasteiger partial charge in [0.2, 0.25) is 0 Å². The van der Waals surface area contributed by atoms with E-state index in [1.165, 1.54) is 20.9 Å².